The monoisotopic (exact) mass is 244 g/mol. The van der Waals surface area contributed by atoms with Crippen molar-refractivity contribution in [2.45, 2.75) is 79.1 Å². The lowest BCUT2D eigenvalue weighted by Gasteiger charge is -2.16. The molecule has 0 N–H and O–H groups in total. The Morgan fingerprint density at radius 3 is 1.75 bits per heavy atom. The predicted octanol–water partition coefficient (Wildman–Crippen LogP) is 5.91. The van der Waals surface area contributed by atoms with Crippen LogP contribution >= 0.6 is 11.8 Å². The van der Waals surface area contributed by atoms with Gasteiger partial charge in [-0.15, -0.1) is 0 Å². The molecule has 0 heterocycles. The Labute approximate surface area is 108 Å². The van der Waals surface area contributed by atoms with Crippen LogP contribution in [0.5, 0.6) is 0 Å². The molecule has 0 radical (unpaired) electrons. The SMILES string of the molecule is CCCCCCCCCCSCC(C)(C)C. The number of unbranched alkanes of at least 4 members (excludes halogenated alkanes) is 7. The third-order valence-electron chi connectivity index (χ3n) is 2.68. The van der Waals surface area contributed by atoms with E-state index in [2.05, 4.69) is 39.5 Å². The van der Waals surface area contributed by atoms with Crippen molar-refractivity contribution in [3.63, 3.8) is 0 Å². The zero-order valence-electron chi connectivity index (χ0n) is 12.0. The van der Waals surface area contributed by atoms with Gasteiger partial charge in [0.05, 0.1) is 0 Å². The Morgan fingerprint density at radius 2 is 1.25 bits per heavy atom. The molecule has 0 fully saturated rings. The average molecular weight is 244 g/mol. The topological polar surface area (TPSA) is 0 Å². The van der Waals surface area contributed by atoms with Gasteiger partial charge in [0.1, 0.15) is 0 Å². The standard InChI is InChI=1S/C15H32S/c1-5-6-7-8-9-10-11-12-13-16-14-15(2,3)4/h5-14H2,1-4H3. The highest BCUT2D eigenvalue weighted by Gasteiger charge is 2.08. The molecule has 98 valence electrons. The van der Waals surface area contributed by atoms with Gasteiger partial charge in [0.25, 0.3) is 0 Å². The highest BCUT2D eigenvalue weighted by atomic mass is 32.2. The highest BCUT2D eigenvalue weighted by molar-refractivity contribution is 7.99. The molecule has 0 aromatic heterocycles. The molecule has 0 aromatic carbocycles. The molecular weight excluding hydrogens is 212 g/mol. The van der Waals surface area contributed by atoms with Crippen molar-refractivity contribution in [3.05, 3.63) is 0 Å². The van der Waals surface area contributed by atoms with E-state index in [0.717, 1.165) is 0 Å². The second-order valence-electron chi connectivity index (χ2n) is 6.09. The van der Waals surface area contributed by atoms with Crippen LogP contribution in [0.4, 0.5) is 0 Å². The molecule has 16 heavy (non-hydrogen) atoms. The van der Waals surface area contributed by atoms with Gasteiger partial charge in [-0.25, -0.2) is 0 Å². The zero-order valence-corrected chi connectivity index (χ0v) is 12.8. The van der Waals surface area contributed by atoms with E-state index in [-0.39, 0.29) is 0 Å². The molecule has 0 aliphatic heterocycles. The van der Waals surface area contributed by atoms with Crippen molar-refractivity contribution in [3.8, 4) is 0 Å². The Balaban J connectivity index is 2.99. The number of hydrogen-bond donors (Lipinski definition) is 0. The van der Waals surface area contributed by atoms with Gasteiger partial charge in [-0.1, -0.05) is 72.6 Å². The van der Waals surface area contributed by atoms with Gasteiger partial charge < -0.3 is 0 Å². The van der Waals surface area contributed by atoms with Crippen molar-refractivity contribution >= 4 is 11.8 Å². The fourth-order valence-corrected chi connectivity index (χ4v) is 2.88. The zero-order chi connectivity index (χ0) is 12.3. The minimum Gasteiger partial charge on any atom is -0.161 e. The van der Waals surface area contributed by atoms with E-state index in [0.29, 0.717) is 5.41 Å². The first-order chi connectivity index (χ1) is 7.56. The summed E-state index contributed by atoms with van der Waals surface area (Å²) in [4.78, 5) is 0. The number of hydrogen-bond acceptors (Lipinski definition) is 1. The quantitative estimate of drug-likeness (QED) is 0.431. The highest BCUT2D eigenvalue weighted by Crippen LogP contribution is 2.21. The van der Waals surface area contributed by atoms with Gasteiger partial charge in [0.2, 0.25) is 0 Å². The summed E-state index contributed by atoms with van der Waals surface area (Å²) in [5.74, 6) is 2.68. The minimum absolute atomic E-state index is 0.505. The Bertz CT molecular complexity index is 135. The maximum atomic E-state index is 2.33. The van der Waals surface area contributed by atoms with Gasteiger partial charge in [-0.05, 0) is 23.3 Å². The van der Waals surface area contributed by atoms with Crippen LogP contribution < -0.4 is 0 Å². The normalized spacial score (nSPS) is 12.0. The van der Waals surface area contributed by atoms with Gasteiger partial charge in [-0.2, -0.15) is 11.8 Å². The van der Waals surface area contributed by atoms with Gasteiger partial charge in [0.15, 0.2) is 0 Å². The Morgan fingerprint density at radius 1 is 0.750 bits per heavy atom. The molecule has 0 saturated heterocycles. The van der Waals surface area contributed by atoms with Crippen LogP contribution in [0.2, 0.25) is 0 Å². The predicted molar refractivity (Wildman–Crippen MR) is 79.4 cm³/mol. The first kappa shape index (κ1) is 16.4. The molecule has 0 aliphatic carbocycles. The van der Waals surface area contributed by atoms with Crippen LogP contribution in [0.15, 0.2) is 0 Å². The van der Waals surface area contributed by atoms with E-state index in [9.17, 15) is 0 Å². The van der Waals surface area contributed by atoms with Crippen LogP contribution in [0.25, 0.3) is 0 Å². The van der Waals surface area contributed by atoms with Crippen LogP contribution in [-0.2, 0) is 0 Å². The Hall–Kier alpha value is 0.350. The third-order valence-corrected chi connectivity index (χ3v) is 4.32. The van der Waals surface area contributed by atoms with Crippen molar-refractivity contribution in [2.75, 3.05) is 11.5 Å². The molecule has 0 nitrogen and oxygen atoms in total. The fraction of sp³-hybridized carbons (Fsp3) is 1.00. The molecule has 0 amide bonds. The molecule has 1 heteroatoms. The van der Waals surface area contributed by atoms with Gasteiger partial charge >= 0.3 is 0 Å². The smallest absolute Gasteiger partial charge is 0.00187 e. The lowest BCUT2D eigenvalue weighted by atomic mass is 10.0. The summed E-state index contributed by atoms with van der Waals surface area (Å²) < 4.78 is 0. The second kappa shape index (κ2) is 10.5. The Kier molecular flexibility index (Phi) is 10.7. The van der Waals surface area contributed by atoms with Gasteiger partial charge in [0, 0.05) is 0 Å². The minimum atomic E-state index is 0.505. The van der Waals surface area contributed by atoms with Gasteiger partial charge in [-0.3, -0.25) is 0 Å². The largest absolute Gasteiger partial charge is 0.161 e. The first-order valence-electron chi connectivity index (χ1n) is 7.14. The van der Waals surface area contributed by atoms with Crippen molar-refractivity contribution in [1.29, 1.82) is 0 Å². The fourth-order valence-electron chi connectivity index (χ4n) is 1.72. The van der Waals surface area contributed by atoms with Crippen LogP contribution in [-0.4, -0.2) is 11.5 Å². The molecule has 0 atom stereocenters. The second-order valence-corrected chi connectivity index (χ2v) is 7.19. The number of rotatable bonds is 10. The van der Waals surface area contributed by atoms with E-state index in [4.69, 9.17) is 0 Å². The maximum absolute atomic E-state index is 2.33. The lowest BCUT2D eigenvalue weighted by molar-refractivity contribution is 0.480. The van der Waals surface area contributed by atoms with E-state index >= 15 is 0 Å². The van der Waals surface area contributed by atoms with Crippen LogP contribution in [0.1, 0.15) is 79.1 Å². The van der Waals surface area contributed by atoms with Crippen LogP contribution in [0.3, 0.4) is 0 Å². The molecule has 0 aliphatic rings. The first-order valence-corrected chi connectivity index (χ1v) is 8.29. The van der Waals surface area contributed by atoms with E-state index < -0.39 is 0 Å². The number of thioether (sulfide) groups is 1. The maximum Gasteiger partial charge on any atom is -0.00187 e. The van der Waals surface area contributed by atoms with Crippen molar-refractivity contribution < 1.29 is 0 Å². The van der Waals surface area contributed by atoms with Crippen LogP contribution in [0, 0.1) is 5.41 Å². The molecule has 0 bridgehead atoms. The third kappa shape index (κ3) is 14.4. The van der Waals surface area contributed by atoms with E-state index in [1.807, 2.05) is 0 Å². The van der Waals surface area contributed by atoms with Crippen molar-refractivity contribution in [2.24, 2.45) is 5.41 Å². The summed E-state index contributed by atoms with van der Waals surface area (Å²) in [5, 5.41) is 0. The molecule has 0 saturated carbocycles. The summed E-state index contributed by atoms with van der Waals surface area (Å²) >= 11 is 2.13. The molecule has 0 aromatic rings. The molecule has 0 spiro atoms. The lowest BCUT2D eigenvalue weighted by Crippen LogP contribution is -2.08. The van der Waals surface area contributed by atoms with E-state index in [1.165, 1.54) is 62.9 Å². The van der Waals surface area contributed by atoms with Crippen molar-refractivity contribution in [1.82, 2.24) is 0 Å². The average Bonchev–Trinajstić information content (AvgIpc) is 2.19. The molecular formula is C15H32S. The molecule has 0 unspecified atom stereocenters. The summed E-state index contributed by atoms with van der Waals surface area (Å²) in [7, 11) is 0. The summed E-state index contributed by atoms with van der Waals surface area (Å²) in [5.41, 5.74) is 0.505. The summed E-state index contributed by atoms with van der Waals surface area (Å²) in [6, 6.07) is 0. The molecule has 0 rings (SSSR count). The van der Waals surface area contributed by atoms with E-state index in [1.54, 1.807) is 0 Å². The summed E-state index contributed by atoms with van der Waals surface area (Å²) in [6.07, 6.45) is 11.5. The summed E-state index contributed by atoms with van der Waals surface area (Å²) in [6.45, 7) is 9.27.